The summed E-state index contributed by atoms with van der Waals surface area (Å²) in [6.07, 6.45) is 43.4. The molecule has 0 amide bonds. The molecule has 1 rings (SSSR count). The van der Waals surface area contributed by atoms with Crippen molar-refractivity contribution in [2.24, 2.45) is 71.0 Å². The molecule has 120 heavy (non-hydrogen) atoms. The van der Waals surface area contributed by atoms with Crippen LogP contribution >= 0.6 is 0 Å². The van der Waals surface area contributed by atoms with Gasteiger partial charge in [-0.1, -0.05) is 291 Å². The second kappa shape index (κ2) is 111. The molecule has 1 aliphatic heterocycles. The summed E-state index contributed by atoms with van der Waals surface area (Å²) < 4.78 is 0. The van der Waals surface area contributed by atoms with Crippen LogP contribution in [-0.4, -0.2) is 266 Å². The molecule has 0 aromatic rings. The van der Waals surface area contributed by atoms with Crippen LogP contribution in [0.3, 0.4) is 0 Å². The minimum Gasteiger partial charge on any atom is -0.318 e. The van der Waals surface area contributed by atoms with Gasteiger partial charge in [0.1, 0.15) is 0 Å². The monoisotopic (exact) mass is 1710 g/mol. The lowest BCUT2D eigenvalue weighted by molar-refractivity contribution is 0.129. The Balaban J connectivity index is -0.000000164. The molecule has 13 nitrogen and oxygen atoms in total. The first-order valence-electron chi connectivity index (χ1n) is 52.7. The summed E-state index contributed by atoms with van der Waals surface area (Å²) in [7, 11) is 19.1. The summed E-state index contributed by atoms with van der Waals surface area (Å²) in [5.74, 6) is 10.4. The average Bonchev–Trinajstić information content (AvgIpc) is 0.913. The quantitative estimate of drug-likeness (QED) is 0.0375. The number of nitrogens with one attached hydrogen (secondary N) is 5. The van der Waals surface area contributed by atoms with Crippen molar-refractivity contribution in [3.63, 3.8) is 0 Å². The maximum absolute atomic E-state index is 3.46. The fraction of sp³-hybridized carbons (Fsp3) is 1.00. The van der Waals surface area contributed by atoms with E-state index in [-0.39, 0.29) is 0 Å². The number of likely N-dealkylation sites (N-methyl/N-ethyl adjacent to an activating group) is 4. The number of hydrogen-bond donors (Lipinski definition) is 5. The summed E-state index contributed by atoms with van der Waals surface area (Å²) >= 11 is 0. The van der Waals surface area contributed by atoms with Crippen LogP contribution in [0, 0.1) is 71.0 Å². The number of piperazine rings is 1. The third-order valence-corrected chi connectivity index (χ3v) is 22.3. The third kappa shape index (κ3) is 146. The molecule has 738 valence electrons. The van der Waals surface area contributed by atoms with Gasteiger partial charge in [-0.3, -0.25) is 0 Å². The normalized spacial score (nSPS) is 12.7. The maximum atomic E-state index is 3.46. The first-order valence-corrected chi connectivity index (χ1v) is 52.7. The zero-order valence-electron chi connectivity index (χ0n) is 91.3. The molecule has 1 saturated heterocycles. The summed E-state index contributed by atoms with van der Waals surface area (Å²) in [5, 5.41) is 16.4. The maximum Gasteiger partial charge on any atom is 0.0110 e. The van der Waals surface area contributed by atoms with Crippen LogP contribution in [0.15, 0.2) is 0 Å². The van der Waals surface area contributed by atoms with Crippen LogP contribution in [0.2, 0.25) is 0 Å². The zero-order chi connectivity index (χ0) is 93.4. The van der Waals surface area contributed by atoms with Crippen LogP contribution in [0.5, 0.6) is 0 Å². The Kier molecular flexibility index (Phi) is 127. The summed E-state index contributed by atoms with van der Waals surface area (Å²) in [6.45, 7) is 96.9. The molecule has 1 fully saturated rings. The van der Waals surface area contributed by atoms with E-state index in [1.165, 1.54) is 330 Å². The molecule has 0 radical (unpaired) electrons. The van der Waals surface area contributed by atoms with Gasteiger partial charge in [0.2, 0.25) is 0 Å². The third-order valence-electron chi connectivity index (χ3n) is 22.3. The highest BCUT2D eigenvalue weighted by Gasteiger charge is 2.16. The Bertz CT molecular complexity index is 1700. The highest BCUT2D eigenvalue weighted by molar-refractivity contribution is 4.72. The van der Waals surface area contributed by atoms with E-state index in [4.69, 9.17) is 0 Å². The molecular formula is C107H245N13. The van der Waals surface area contributed by atoms with Crippen molar-refractivity contribution in [2.45, 2.75) is 406 Å². The highest BCUT2D eigenvalue weighted by atomic mass is 15.3. The molecule has 13 heteroatoms. The van der Waals surface area contributed by atoms with E-state index in [0.29, 0.717) is 0 Å². The van der Waals surface area contributed by atoms with E-state index < -0.39 is 0 Å². The van der Waals surface area contributed by atoms with Crippen LogP contribution in [0.25, 0.3) is 0 Å². The second-order valence-corrected chi connectivity index (χ2v) is 41.5. The lowest BCUT2D eigenvalue weighted by Crippen LogP contribution is -2.46. The van der Waals surface area contributed by atoms with Crippen LogP contribution in [0.1, 0.15) is 406 Å². The lowest BCUT2D eigenvalue weighted by Gasteiger charge is -2.34. The van der Waals surface area contributed by atoms with Crippen LogP contribution in [-0.2, 0) is 0 Å². The molecule has 5 N–H and O–H groups in total. The molecule has 1 unspecified atom stereocenters. The van der Waals surface area contributed by atoms with E-state index in [2.05, 4.69) is 309 Å². The van der Waals surface area contributed by atoms with Gasteiger partial charge in [-0.05, 0) is 348 Å². The van der Waals surface area contributed by atoms with Crippen molar-refractivity contribution in [3.05, 3.63) is 0 Å². The standard InChI is InChI=1S/C14H30N2.C12H28N2.C11H27N3.2C11H25N.C11H24.C10H23N.C9H22N2.C9H21N.C9H20/c1-4-5-8-15-10-12-16(13-11-15)9-6-7-14(2)3;1-12(2)8-6-10-14(5)11-7-9-13(3)4;1-11(2)5-8-14(9-6-12-3)10-7-13-4;1-5-6-9-12(4)10-7-8-11(2)3;1-4-5-9-12-10-7-6-8-11(2)3;1-9(2)7-6-8-11(5)10(3)4;1-4-5-8-11-9-6-7-10(2)3;1-9(2)5-7-11(4)8-6-10-3;1-5-7-10(4)8-6-9(2)3;1-4-5-6-7-8-9(2)3/h14H,4-13H2,1-3H3;12H,6-11H2,1-5H3;11-13H,5-10H2,1-4H3;11H,5-10H2,1-4H3;11-12H,4-10H2,1-3H3;9-11H,6-8H2,1-5H3;10-11H,4-9H2,1-3H3;9-10H,5-8H2,1-4H3;9H,5-8H2,1-4H3;9H,4-8H2,1-3H3. The molecule has 1 atom stereocenters. The number of hydrogen-bond acceptors (Lipinski definition) is 13. The van der Waals surface area contributed by atoms with E-state index in [0.717, 1.165) is 110 Å². The van der Waals surface area contributed by atoms with Crippen molar-refractivity contribution in [3.8, 4) is 0 Å². The van der Waals surface area contributed by atoms with Gasteiger partial charge in [0.15, 0.2) is 0 Å². The topological polar surface area (TPSA) is 86.1 Å². The lowest BCUT2D eigenvalue weighted by atomic mass is 9.91. The fourth-order valence-corrected chi connectivity index (χ4v) is 12.8. The van der Waals surface area contributed by atoms with Gasteiger partial charge in [-0.25, -0.2) is 0 Å². The second-order valence-electron chi connectivity index (χ2n) is 41.5. The van der Waals surface area contributed by atoms with Crippen molar-refractivity contribution < 1.29 is 0 Å². The summed E-state index contributed by atoms with van der Waals surface area (Å²) in [4.78, 5) is 19.7. The van der Waals surface area contributed by atoms with E-state index in [1.807, 2.05) is 21.1 Å². The van der Waals surface area contributed by atoms with Crippen LogP contribution in [0.4, 0.5) is 0 Å². The van der Waals surface area contributed by atoms with E-state index >= 15 is 0 Å². The SMILES string of the molecule is CC(C)CCCC(C)C(C)C.CC(C)CCCN(C)CCCN(C)C.CCCCCCC(C)C.CCCCN(C)CCCC(C)C.CCCCN1CCN(CCCC(C)C)CC1.CCCCNCCCC(C)C.CCCCNCCCCC(C)C.CCCN(C)CCC(C)C.CNCCN(C)CCC(C)C.CNCCN(CCNC)CCC(C)C. The molecule has 0 spiro atoms. The van der Waals surface area contributed by atoms with Crippen molar-refractivity contribution in [1.29, 1.82) is 0 Å². The molecule has 0 bridgehead atoms. The molecule has 0 aromatic carbocycles. The number of unbranched alkanes of at least 4 members (excludes halogenated alkanes) is 8. The molecule has 1 aliphatic rings. The molecule has 1 heterocycles. The van der Waals surface area contributed by atoms with E-state index in [1.54, 1.807) is 0 Å². The van der Waals surface area contributed by atoms with Crippen molar-refractivity contribution >= 4 is 0 Å². The summed E-state index contributed by atoms with van der Waals surface area (Å²) in [5.41, 5.74) is 0. The largest absolute Gasteiger partial charge is 0.318 e. The minimum absolute atomic E-state index is 0.807. The first-order chi connectivity index (χ1) is 56.8. The molecule has 0 aromatic heterocycles. The molecule has 0 saturated carbocycles. The van der Waals surface area contributed by atoms with Gasteiger partial charge in [0, 0.05) is 65.4 Å². The van der Waals surface area contributed by atoms with Crippen molar-refractivity contribution in [2.75, 3.05) is 227 Å². The summed E-state index contributed by atoms with van der Waals surface area (Å²) in [6, 6.07) is 0. The first kappa shape index (κ1) is 137. The average molecular weight is 1710 g/mol. The predicted molar refractivity (Wildman–Crippen MR) is 560 cm³/mol. The number of rotatable bonds is 67. The smallest absolute Gasteiger partial charge is 0.0110 e. The van der Waals surface area contributed by atoms with Gasteiger partial charge in [-0.15, -0.1) is 0 Å². The molecular weight excluding hydrogens is 1470 g/mol. The van der Waals surface area contributed by atoms with Gasteiger partial charge in [0.25, 0.3) is 0 Å². The Morgan fingerprint density at radius 3 is 0.908 bits per heavy atom. The van der Waals surface area contributed by atoms with Gasteiger partial charge in [0.05, 0.1) is 0 Å². The van der Waals surface area contributed by atoms with Gasteiger partial charge >= 0.3 is 0 Å². The van der Waals surface area contributed by atoms with Crippen molar-refractivity contribution in [1.82, 2.24) is 65.8 Å². The van der Waals surface area contributed by atoms with Gasteiger partial charge < -0.3 is 65.8 Å². The fourth-order valence-electron chi connectivity index (χ4n) is 12.8. The van der Waals surface area contributed by atoms with Gasteiger partial charge in [-0.2, -0.15) is 0 Å². The predicted octanol–water partition coefficient (Wildman–Crippen LogP) is 26.4. The van der Waals surface area contributed by atoms with E-state index in [9.17, 15) is 0 Å². The minimum atomic E-state index is 0.807. The van der Waals surface area contributed by atoms with Crippen LogP contribution < -0.4 is 26.6 Å². The molecule has 0 aliphatic carbocycles. The Labute approximate surface area is 765 Å². The number of nitrogens with zero attached hydrogens (tertiary/aromatic N) is 8. The zero-order valence-corrected chi connectivity index (χ0v) is 91.3. The Morgan fingerprint density at radius 1 is 0.225 bits per heavy atom. The Hall–Kier alpha value is -0.520. The Morgan fingerprint density at radius 2 is 0.533 bits per heavy atom. The highest BCUT2D eigenvalue weighted by Crippen LogP contribution is 2.19.